The summed E-state index contributed by atoms with van der Waals surface area (Å²) in [6.07, 6.45) is 22.8. The second-order valence-corrected chi connectivity index (χ2v) is 4.66. The molecule has 3 heteroatoms. The third kappa shape index (κ3) is 6.74. The Morgan fingerprint density at radius 3 is 2.52 bits per heavy atom. The molecule has 0 fully saturated rings. The molecule has 120 valence electrons. The number of halogens is 1. The van der Waals surface area contributed by atoms with E-state index < -0.39 is 5.82 Å². The zero-order valence-electron chi connectivity index (χ0n) is 13.5. The number of allylic oxidation sites excluding steroid dienone is 12. The van der Waals surface area contributed by atoms with E-state index in [2.05, 4.69) is 0 Å². The Bertz CT molecular complexity index is 644. The van der Waals surface area contributed by atoms with Gasteiger partial charge in [-0.1, -0.05) is 60.8 Å². The first-order valence-electron chi connectivity index (χ1n) is 7.52. The van der Waals surface area contributed by atoms with Crippen molar-refractivity contribution < 1.29 is 9.12 Å². The van der Waals surface area contributed by atoms with Crippen molar-refractivity contribution >= 4 is 5.57 Å². The Morgan fingerprint density at radius 1 is 1.09 bits per heavy atom. The average Bonchev–Trinajstić information content (AvgIpc) is 2.53. The predicted molar refractivity (Wildman–Crippen MR) is 95.0 cm³/mol. The van der Waals surface area contributed by atoms with Crippen molar-refractivity contribution in [1.82, 2.24) is 0 Å². The average molecular weight is 311 g/mol. The molecule has 23 heavy (non-hydrogen) atoms. The highest BCUT2D eigenvalue weighted by atomic mass is 19.1. The molecule has 0 unspecified atom stereocenters. The van der Waals surface area contributed by atoms with Gasteiger partial charge in [-0.05, 0) is 32.4 Å². The van der Waals surface area contributed by atoms with E-state index in [0.717, 1.165) is 6.42 Å². The molecule has 1 aromatic heterocycles. The molecular weight excluding hydrogens is 289 g/mol. The highest BCUT2D eigenvalue weighted by molar-refractivity contribution is 5.71. The summed E-state index contributed by atoms with van der Waals surface area (Å²) >= 11 is 0. The van der Waals surface area contributed by atoms with Crippen LogP contribution in [0, 0.1) is 11.0 Å². The van der Waals surface area contributed by atoms with Crippen LogP contribution in [0.15, 0.2) is 85.2 Å². The number of pyridine rings is 1. The summed E-state index contributed by atoms with van der Waals surface area (Å²) in [7, 11) is 0. The van der Waals surface area contributed by atoms with E-state index in [-0.39, 0.29) is 5.69 Å². The maximum atomic E-state index is 13.9. The zero-order valence-corrected chi connectivity index (χ0v) is 13.5. The summed E-state index contributed by atoms with van der Waals surface area (Å²) in [5.41, 5.74) is 0.564. The molecule has 1 heterocycles. The van der Waals surface area contributed by atoms with Gasteiger partial charge in [-0.3, -0.25) is 0 Å². The largest absolute Gasteiger partial charge is 0.618 e. The molecule has 0 aliphatic carbocycles. The molecule has 0 spiro atoms. The second kappa shape index (κ2) is 11.0. The lowest BCUT2D eigenvalue weighted by Gasteiger charge is -2.05. The number of hydrogen-bond acceptors (Lipinski definition) is 1. The number of hydrogen-bond donors (Lipinski definition) is 0. The van der Waals surface area contributed by atoms with Crippen LogP contribution in [0.5, 0.6) is 0 Å². The number of nitrogens with zero attached hydrogens (tertiary/aromatic N) is 1. The van der Waals surface area contributed by atoms with E-state index in [4.69, 9.17) is 0 Å². The molecule has 0 aliphatic rings. The summed E-state index contributed by atoms with van der Waals surface area (Å²) in [4.78, 5) is 0. The van der Waals surface area contributed by atoms with Crippen molar-refractivity contribution in [1.29, 1.82) is 0 Å². The van der Waals surface area contributed by atoms with Crippen LogP contribution in [0.3, 0.4) is 0 Å². The Hall–Kier alpha value is -2.68. The van der Waals surface area contributed by atoms with Gasteiger partial charge in [0, 0.05) is 6.07 Å². The van der Waals surface area contributed by atoms with Gasteiger partial charge in [0.1, 0.15) is 0 Å². The highest BCUT2D eigenvalue weighted by Crippen LogP contribution is 2.15. The third-order valence-electron chi connectivity index (χ3n) is 2.88. The minimum Gasteiger partial charge on any atom is -0.618 e. The van der Waals surface area contributed by atoms with E-state index in [9.17, 15) is 9.60 Å². The van der Waals surface area contributed by atoms with Crippen LogP contribution in [0.4, 0.5) is 4.39 Å². The predicted octanol–water partition coefficient (Wildman–Crippen LogP) is 5.05. The lowest BCUT2D eigenvalue weighted by atomic mass is 10.1. The van der Waals surface area contributed by atoms with Crippen LogP contribution in [0.1, 0.15) is 26.0 Å². The molecule has 1 aromatic rings. The molecule has 1 rings (SSSR count). The third-order valence-corrected chi connectivity index (χ3v) is 2.88. The fourth-order valence-corrected chi connectivity index (χ4v) is 1.85. The van der Waals surface area contributed by atoms with Crippen molar-refractivity contribution in [3.63, 3.8) is 0 Å². The van der Waals surface area contributed by atoms with E-state index in [1.807, 2.05) is 62.5 Å². The van der Waals surface area contributed by atoms with Crippen LogP contribution < -0.4 is 4.73 Å². The van der Waals surface area contributed by atoms with E-state index in [0.29, 0.717) is 10.3 Å². The fourth-order valence-electron chi connectivity index (χ4n) is 1.85. The van der Waals surface area contributed by atoms with Crippen molar-refractivity contribution in [2.75, 3.05) is 0 Å². The monoisotopic (exact) mass is 311 g/mol. The first-order valence-corrected chi connectivity index (χ1v) is 7.52. The van der Waals surface area contributed by atoms with Crippen LogP contribution in [-0.2, 0) is 0 Å². The fraction of sp³-hybridized carbons (Fsp3) is 0.150. The van der Waals surface area contributed by atoms with Gasteiger partial charge in [0.15, 0.2) is 12.0 Å². The molecule has 0 aliphatic heterocycles. The molecule has 0 amide bonds. The molecule has 0 saturated carbocycles. The van der Waals surface area contributed by atoms with Crippen molar-refractivity contribution in [2.45, 2.75) is 20.3 Å². The lowest BCUT2D eigenvalue weighted by Crippen LogP contribution is -2.31. The van der Waals surface area contributed by atoms with Crippen molar-refractivity contribution in [3.05, 3.63) is 102 Å². The van der Waals surface area contributed by atoms with Gasteiger partial charge >= 0.3 is 0 Å². The second-order valence-electron chi connectivity index (χ2n) is 4.66. The standard InChI is InChI=1S/C20H22FNO/c1-3-5-6-7-8-9-10-11-12-15-18(14-4-2)20-19(21)16-13-17-22(20)23/h3-9,11-17H,10H2,1-2H3/b5-3+,7-6+,9-8+,12-11+,14-4+,18-15-. The summed E-state index contributed by atoms with van der Waals surface area (Å²) in [5.74, 6) is -0.533. The maximum Gasteiger partial charge on any atom is 0.259 e. The Labute approximate surface area is 137 Å². The quantitative estimate of drug-likeness (QED) is 0.393. The van der Waals surface area contributed by atoms with Gasteiger partial charge in [0.2, 0.25) is 0 Å². The zero-order chi connectivity index (χ0) is 16.9. The summed E-state index contributed by atoms with van der Waals surface area (Å²) in [5, 5.41) is 11.8. The van der Waals surface area contributed by atoms with Gasteiger partial charge in [-0.25, -0.2) is 0 Å². The van der Waals surface area contributed by atoms with Gasteiger partial charge in [0.05, 0.1) is 5.57 Å². The first kappa shape index (κ1) is 18.4. The van der Waals surface area contributed by atoms with Gasteiger partial charge < -0.3 is 5.21 Å². The molecule has 0 radical (unpaired) electrons. The van der Waals surface area contributed by atoms with Crippen LogP contribution in [0.25, 0.3) is 5.57 Å². The van der Waals surface area contributed by atoms with Crippen LogP contribution in [-0.4, -0.2) is 0 Å². The van der Waals surface area contributed by atoms with Crippen molar-refractivity contribution in [3.8, 4) is 0 Å². The smallest absolute Gasteiger partial charge is 0.259 e. The van der Waals surface area contributed by atoms with Crippen molar-refractivity contribution in [2.24, 2.45) is 0 Å². The molecule has 0 bridgehead atoms. The molecular formula is C20H22FNO. The minimum atomic E-state index is -0.533. The van der Waals surface area contributed by atoms with Gasteiger partial charge in [0.25, 0.3) is 5.69 Å². The minimum absolute atomic E-state index is 0.0279. The van der Waals surface area contributed by atoms with Crippen LogP contribution in [0.2, 0.25) is 0 Å². The Balaban J connectivity index is 2.79. The Morgan fingerprint density at radius 2 is 1.83 bits per heavy atom. The topological polar surface area (TPSA) is 26.9 Å². The highest BCUT2D eigenvalue weighted by Gasteiger charge is 2.14. The van der Waals surface area contributed by atoms with E-state index >= 15 is 0 Å². The molecule has 0 atom stereocenters. The van der Waals surface area contributed by atoms with Crippen LogP contribution >= 0.6 is 0 Å². The molecule has 0 saturated heterocycles. The number of rotatable bonds is 7. The molecule has 0 aromatic carbocycles. The lowest BCUT2D eigenvalue weighted by molar-refractivity contribution is -0.609. The van der Waals surface area contributed by atoms with E-state index in [1.54, 1.807) is 18.2 Å². The van der Waals surface area contributed by atoms with Gasteiger partial charge in [-0.15, -0.1) is 0 Å². The maximum absolute atomic E-state index is 13.9. The molecule has 2 nitrogen and oxygen atoms in total. The molecule has 0 N–H and O–H groups in total. The number of aromatic nitrogens is 1. The summed E-state index contributed by atoms with van der Waals surface area (Å²) in [6.45, 7) is 3.79. The normalized spacial score (nSPS) is 13.6. The SMILES string of the molecule is C/C=C/C=C/C=C/C/C=C/C=C(/C=C/C)c1c(F)ccc[n+]1[O-]. The Kier molecular flexibility index (Phi) is 8.76. The van der Waals surface area contributed by atoms with E-state index in [1.165, 1.54) is 18.3 Å². The summed E-state index contributed by atoms with van der Waals surface area (Å²) < 4.78 is 14.4. The first-order chi connectivity index (χ1) is 11.2. The summed E-state index contributed by atoms with van der Waals surface area (Å²) in [6, 6.07) is 2.67. The van der Waals surface area contributed by atoms with Gasteiger partial charge in [-0.2, -0.15) is 9.12 Å².